The molecule has 28 heavy (non-hydrogen) atoms. The number of rotatable bonds is 5. The third-order valence-electron chi connectivity index (χ3n) is 4.96. The summed E-state index contributed by atoms with van der Waals surface area (Å²) in [4.78, 5) is 26.4. The third-order valence-corrected chi connectivity index (χ3v) is 6.50. The Labute approximate surface area is 162 Å². The molecule has 1 aromatic heterocycles. The summed E-state index contributed by atoms with van der Waals surface area (Å²) in [6.07, 6.45) is 9.91. The molecule has 1 fully saturated rings. The number of nitrogens with zero attached hydrogens (tertiary/aromatic N) is 3. The van der Waals surface area contributed by atoms with Gasteiger partial charge in [0.2, 0.25) is 15.9 Å². The number of carbonyl (C=O) groups is 2. The minimum Gasteiger partial charge on any atom is -0.275 e. The van der Waals surface area contributed by atoms with Crippen molar-refractivity contribution in [3.05, 3.63) is 47.3 Å². The predicted molar refractivity (Wildman–Crippen MR) is 99.4 cm³/mol. The van der Waals surface area contributed by atoms with E-state index in [1.165, 1.54) is 18.2 Å². The molecule has 0 spiro atoms. The minimum atomic E-state index is -3.87. The number of sulfonamides is 1. The summed E-state index contributed by atoms with van der Waals surface area (Å²) in [6, 6.07) is 4.22. The summed E-state index contributed by atoms with van der Waals surface area (Å²) in [5, 5.41) is 4.03. The molecule has 1 saturated carbocycles. The van der Waals surface area contributed by atoms with E-state index in [1.54, 1.807) is 24.1 Å². The lowest BCUT2D eigenvalue weighted by Crippen LogP contribution is -2.42. The molecule has 1 aromatic carbocycles. The largest absolute Gasteiger partial charge is 0.275 e. The maximum absolute atomic E-state index is 12.9. The van der Waals surface area contributed by atoms with Crippen LogP contribution in [0.3, 0.4) is 0 Å². The van der Waals surface area contributed by atoms with E-state index in [9.17, 15) is 18.0 Å². The lowest BCUT2D eigenvalue weighted by atomic mass is 9.98. The number of terminal acetylenes is 1. The smallest absolute Gasteiger partial charge is 0.261 e. The summed E-state index contributed by atoms with van der Waals surface area (Å²) in [6.45, 7) is 0.0837. The van der Waals surface area contributed by atoms with E-state index in [2.05, 4.69) is 15.7 Å². The molecule has 1 aliphatic heterocycles. The van der Waals surface area contributed by atoms with Crippen LogP contribution in [0.25, 0.3) is 0 Å². The van der Waals surface area contributed by atoms with Gasteiger partial charge in [0, 0.05) is 24.4 Å². The van der Waals surface area contributed by atoms with Gasteiger partial charge in [0.05, 0.1) is 29.6 Å². The topological polar surface area (TPSA) is 101 Å². The fourth-order valence-corrected chi connectivity index (χ4v) is 4.62. The van der Waals surface area contributed by atoms with Gasteiger partial charge in [-0.1, -0.05) is 12.0 Å². The molecule has 8 nitrogen and oxygen atoms in total. The predicted octanol–water partition coefficient (Wildman–Crippen LogP) is 0.589. The van der Waals surface area contributed by atoms with Crippen molar-refractivity contribution in [2.24, 2.45) is 7.05 Å². The molecule has 2 aliphatic rings. The maximum Gasteiger partial charge on any atom is 0.261 e. The number of hydrogen-bond acceptors (Lipinski definition) is 5. The van der Waals surface area contributed by atoms with Crippen LogP contribution in [-0.4, -0.2) is 40.5 Å². The van der Waals surface area contributed by atoms with Crippen molar-refractivity contribution in [1.82, 2.24) is 19.4 Å². The van der Waals surface area contributed by atoms with Gasteiger partial charge in [-0.05, 0) is 30.5 Å². The van der Waals surface area contributed by atoms with E-state index in [-0.39, 0.29) is 29.3 Å². The van der Waals surface area contributed by atoms with E-state index in [1.807, 2.05) is 0 Å². The first kappa shape index (κ1) is 18.4. The van der Waals surface area contributed by atoms with Gasteiger partial charge < -0.3 is 0 Å². The molecule has 0 saturated heterocycles. The van der Waals surface area contributed by atoms with Gasteiger partial charge in [-0.3, -0.25) is 19.2 Å². The monoisotopic (exact) mass is 398 g/mol. The Morgan fingerprint density at radius 2 is 2.07 bits per heavy atom. The number of fused-ring (bicyclic) bond motifs is 1. The lowest BCUT2D eigenvalue weighted by Gasteiger charge is -2.27. The van der Waals surface area contributed by atoms with Gasteiger partial charge in [-0.15, -0.1) is 6.42 Å². The van der Waals surface area contributed by atoms with Gasteiger partial charge in [-0.25, -0.2) is 8.42 Å². The molecule has 2 aromatic rings. The van der Waals surface area contributed by atoms with Crippen molar-refractivity contribution >= 4 is 21.8 Å². The highest BCUT2D eigenvalue weighted by atomic mass is 32.2. The summed E-state index contributed by atoms with van der Waals surface area (Å²) < 4.78 is 29.4. The van der Waals surface area contributed by atoms with E-state index in [0.717, 1.165) is 4.90 Å². The molecular formula is C19H18N4O4S. The van der Waals surface area contributed by atoms with Crippen molar-refractivity contribution < 1.29 is 18.0 Å². The number of imide groups is 1. The fraction of sp³-hybridized carbons (Fsp3) is 0.316. The van der Waals surface area contributed by atoms with Crippen molar-refractivity contribution in [3.63, 3.8) is 0 Å². The number of aromatic nitrogens is 2. The summed E-state index contributed by atoms with van der Waals surface area (Å²) in [5.74, 6) is 1.62. The summed E-state index contributed by atoms with van der Waals surface area (Å²) in [7, 11) is -2.13. The zero-order valence-electron chi connectivity index (χ0n) is 15.2. The Balaban J connectivity index is 1.64. The van der Waals surface area contributed by atoms with Crippen molar-refractivity contribution in [2.75, 3.05) is 0 Å². The number of nitrogens with one attached hydrogen (secondary N) is 1. The third kappa shape index (κ3) is 3.21. The van der Waals surface area contributed by atoms with Crippen LogP contribution >= 0.6 is 0 Å². The zero-order chi connectivity index (χ0) is 20.1. The molecule has 2 amide bonds. The Morgan fingerprint density at radius 3 is 2.68 bits per heavy atom. The quantitative estimate of drug-likeness (QED) is 0.587. The highest BCUT2D eigenvalue weighted by Gasteiger charge is 2.45. The molecule has 0 atom stereocenters. The van der Waals surface area contributed by atoms with Crippen LogP contribution in [-0.2, 0) is 34.8 Å². The molecule has 4 rings (SSSR count). The second-order valence-electron chi connectivity index (χ2n) is 7.13. The highest BCUT2D eigenvalue weighted by Crippen LogP contribution is 2.36. The lowest BCUT2D eigenvalue weighted by molar-refractivity contribution is -0.128. The van der Waals surface area contributed by atoms with Crippen molar-refractivity contribution in [2.45, 2.75) is 36.2 Å². The zero-order valence-corrected chi connectivity index (χ0v) is 16.0. The Hall–Kier alpha value is -2.96. The molecule has 0 unspecified atom stereocenters. The van der Waals surface area contributed by atoms with E-state index >= 15 is 0 Å². The van der Waals surface area contributed by atoms with Gasteiger partial charge in [0.25, 0.3) is 5.91 Å². The van der Waals surface area contributed by atoms with Crippen LogP contribution in [0, 0.1) is 12.3 Å². The molecule has 1 N–H and O–H groups in total. The van der Waals surface area contributed by atoms with Crippen LogP contribution in [0.4, 0.5) is 0 Å². The summed E-state index contributed by atoms with van der Waals surface area (Å²) >= 11 is 0. The number of amides is 2. The van der Waals surface area contributed by atoms with E-state index < -0.39 is 21.5 Å². The normalized spacial score (nSPS) is 17.9. The van der Waals surface area contributed by atoms with Crippen molar-refractivity contribution in [3.8, 4) is 12.3 Å². The maximum atomic E-state index is 12.9. The average Bonchev–Trinajstić information content (AvgIpc) is 3.29. The first-order chi connectivity index (χ1) is 13.2. The van der Waals surface area contributed by atoms with Gasteiger partial charge in [0.1, 0.15) is 0 Å². The van der Waals surface area contributed by atoms with Gasteiger partial charge in [-0.2, -0.15) is 9.82 Å². The van der Waals surface area contributed by atoms with Crippen LogP contribution in [0.2, 0.25) is 0 Å². The summed E-state index contributed by atoms with van der Waals surface area (Å²) in [5.41, 5.74) is 0.593. The average molecular weight is 398 g/mol. The van der Waals surface area contributed by atoms with Crippen LogP contribution in [0.1, 0.15) is 34.3 Å². The molecular weight excluding hydrogens is 380 g/mol. The highest BCUT2D eigenvalue weighted by molar-refractivity contribution is 7.89. The van der Waals surface area contributed by atoms with E-state index in [0.29, 0.717) is 24.0 Å². The second kappa shape index (κ2) is 6.29. The number of aryl methyl sites for hydroxylation is 1. The van der Waals surface area contributed by atoms with Crippen LogP contribution in [0.15, 0.2) is 35.5 Å². The van der Waals surface area contributed by atoms with Crippen LogP contribution < -0.4 is 4.72 Å². The first-order valence-corrected chi connectivity index (χ1v) is 10.2. The standard InChI is InChI=1S/C19H18N4O4S/c1-3-19(6-7-19)21-28(26,27)15-5-4-14-8-17(24)23(18(25)16(14)9-15)12-13-10-20-22(2)11-13/h1,4-5,9-11,21H,6-8,12H2,2H3. The Bertz CT molecular complexity index is 1140. The number of carbonyl (C=O) groups excluding carboxylic acids is 2. The molecule has 1 aliphatic carbocycles. The van der Waals surface area contributed by atoms with Gasteiger partial charge >= 0.3 is 0 Å². The Morgan fingerprint density at radius 1 is 1.32 bits per heavy atom. The minimum absolute atomic E-state index is 0.0311. The van der Waals surface area contributed by atoms with Crippen LogP contribution in [0.5, 0.6) is 0 Å². The Kier molecular flexibility index (Phi) is 4.14. The number of benzene rings is 1. The molecule has 2 heterocycles. The molecule has 0 radical (unpaired) electrons. The second-order valence-corrected chi connectivity index (χ2v) is 8.82. The first-order valence-electron chi connectivity index (χ1n) is 8.70. The molecule has 0 bridgehead atoms. The SMILES string of the molecule is C#CC1(NS(=O)(=O)c2ccc3c(c2)C(=O)N(Cc2cnn(C)c2)C(=O)C3)CC1. The van der Waals surface area contributed by atoms with Gasteiger partial charge in [0.15, 0.2) is 0 Å². The number of hydrogen-bond donors (Lipinski definition) is 1. The van der Waals surface area contributed by atoms with E-state index in [4.69, 9.17) is 6.42 Å². The fourth-order valence-electron chi connectivity index (χ4n) is 3.21. The molecule has 144 valence electrons. The molecule has 9 heteroatoms. The van der Waals surface area contributed by atoms with Crippen molar-refractivity contribution in [1.29, 1.82) is 0 Å².